The smallest absolute Gasteiger partial charge is 0.324 e. The Hall–Kier alpha value is -3.84. The molecule has 0 unspecified atom stereocenters. The Morgan fingerprint density at radius 2 is 1.84 bits per heavy atom. The largest absolute Gasteiger partial charge is 0.355 e. The molecule has 192 valence electrons. The number of aromatic nitrogens is 5. The lowest BCUT2D eigenvalue weighted by atomic mass is 10.2. The number of thioether (sulfide) groups is 1. The van der Waals surface area contributed by atoms with Gasteiger partial charge in [0.15, 0.2) is 11.6 Å². The molecule has 9 nitrogen and oxygen atoms in total. The highest BCUT2D eigenvalue weighted by molar-refractivity contribution is 8.17. The average Bonchev–Trinajstić information content (AvgIpc) is 3.15. The first kappa shape index (κ1) is 26.2. The molecule has 4 rings (SSSR count). The molecule has 0 atom stereocenters. The van der Waals surface area contributed by atoms with Crippen molar-refractivity contribution in [2.24, 2.45) is 7.05 Å². The maximum absolute atomic E-state index is 14.5. The van der Waals surface area contributed by atoms with Crippen molar-refractivity contribution in [3.05, 3.63) is 91.0 Å². The standard InChI is InChI=1S/C23H19ClF3N7O2S/c1-11(2)37-20(28)10-34-22(35)30-21(29-19-5-13-8-32(3)31-18(13)6-14(19)24)33(23(34)36)9-12-4-16(26)17(27)7-15(12)25/h4-8,28H,1,9-10H2,2-3H3,(H,29,30,35). The molecule has 0 saturated heterocycles. The van der Waals surface area contributed by atoms with Crippen LogP contribution in [0, 0.1) is 22.9 Å². The van der Waals surface area contributed by atoms with Gasteiger partial charge in [-0.15, -0.1) is 0 Å². The van der Waals surface area contributed by atoms with Crippen molar-refractivity contribution < 1.29 is 13.2 Å². The molecule has 2 aromatic heterocycles. The normalized spacial score (nSPS) is 11.2. The summed E-state index contributed by atoms with van der Waals surface area (Å²) in [5.41, 5.74) is -1.46. The molecule has 0 aliphatic rings. The summed E-state index contributed by atoms with van der Waals surface area (Å²) in [7, 11) is 1.72. The number of fused-ring (bicyclic) bond motifs is 1. The zero-order valence-corrected chi connectivity index (χ0v) is 21.1. The van der Waals surface area contributed by atoms with Crippen molar-refractivity contribution in [1.29, 1.82) is 5.41 Å². The third kappa shape index (κ3) is 5.62. The van der Waals surface area contributed by atoms with Gasteiger partial charge in [-0.05, 0) is 30.0 Å². The predicted molar refractivity (Wildman–Crippen MR) is 137 cm³/mol. The first-order chi connectivity index (χ1) is 17.4. The molecule has 2 N–H and O–H groups in total. The quantitative estimate of drug-likeness (QED) is 0.201. The van der Waals surface area contributed by atoms with Crippen LogP contribution in [0.5, 0.6) is 0 Å². The lowest BCUT2D eigenvalue weighted by Crippen LogP contribution is -2.43. The number of rotatable bonds is 7. The van der Waals surface area contributed by atoms with Gasteiger partial charge in [-0.2, -0.15) is 10.1 Å². The van der Waals surface area contributed by atoms with Gasteiger partial charge in [-0.25, -0.2) is 27.3 Å². The summed E-state index contributed by atoms with van der Waals surface area (Å²) >= 11 is 7.32. The van der Waals surface area contributed by atoms with E-state index in [1.807, 2.05) is 0 Å². The van der Waals surface area contributed by atoms with Crippen molar-refractivity contribution in [2.45, 2.75) is 20.0 Å². The van der Waals surface area contributed by atoms with Crippen LogP contribution in [-0.4, -0.2) is 28.9 Å². The molecule has 2 aromatic carbocycles. The van der Waals surface area contributed by atoms with Gasteiger partial charge in [0, 0.05) is 30.3 Å². The molecular weight excluding hydrogens is 531 g/mol. The van der Waals surface area contributed by atoms with E-state index in [-0.39, 0.29) is 27.3 Å². The van der Waals surface area contributed by atoms with E-state index in [0.717, 1.165) is 16.3 Å². The molecule has 0 saturated carbocycles. The lowest BCUT2D eigenvalue weighted by molar-refractivity contribution is 0.486. The molecule has 0 aliphatic heterocycles. The average molecular weight is 550 g/mol. The fraction of sp³-hybridized carbons (Fsp3) is 0.174. The van der Waals surface area contributed by atoms with E-state index in [1.165, 1.54) is 0 Å². The van der Waals surface area contributed by atoms with E-state index in [4.69, 9.17) is 17.0 Å². The third-order valence-corrected chi connectivity index (χ3v) is 6.16. The SMILES string of the molecule is C=C(C)SC(=N)Cn1c(=O)nc(Nc2cc3cn(C)nc3cc2Cl)n(Cc2cc(F)c(F)cc2F)c1=O. The second kappa shape index (κ2) is 10.3. The highest BCUT2D eigenvalue weighted by Crippen LogP contribution is 2.29. The Morgan fingerprint density at radius 3 is 2.54 bits per heavy atom. The number of hydrogen-bond donors (Lipinski definition) is 2. The second-order valence-corrected chi connectivity index (χ2v) is 9.88. The topological polar surface area (TPSA) is 111 Å². The number of anilines is 2. The molecule has 0 radical (unpaired) electrons. The fourth-order valence-electron chi connectivity index (χ4n) is 3.53. The Bertz CT molecular complexity index is 1700. The molecule has 0 amide bonds. The summed E-state index contributed by atoms with van der Waals surface area (Å²) in [6, 6.07) is 4.15. The van der Waals surface area contributed by atoms with E-state index < -0.39 is 41.9 Å². The first-order valence-corrected chi connectivity index (χ1v) is 11.8. The minimum Gasteiger partial charge on any atom is -0.324 e. The maximum Gasteiger partial charge on any atom is 0.355 e. The van der Waals surface area contributed by atoms with Crippen LogP contribution in [0.4, 0.5) is 24.8 Å². The minimum absolute atomic E-state index is 0.0650. The molecule has 0 fully saturated rings. The van der Waals surface area contributed by atoms with Crippen molar-refractivity contribution in [3.63, 3.8) is 0 Å². The second-order valence-electron chi connectivity index (χ2n) is 8.08. The molecule has 14 heteroatoms. The number of benzene rings is 2. The summed E-state index contributed by atoms with van der Waals surface area (Å²) in [6.45, 7) is 4.29. The lowest BCUT2D eigenvalue weighted by Gasteiger charge is -2.17. The predicted octanol–water partition coefficient (Wildman–Crippen LogP) is 4.40. The zero-order valence-electron chi connectivity index (χ0n) is 19.5. The highest BCUT2D eigenvalue weighted by atomic mass is 35.5. The summed E-state index contributed by atoms with van der Waals surface area (Å²) < 4.78 is 44.9. The summed E-state index contributed by atoms with van der Waals surface area (Å²) in [4.78, 5) is 30.6. The Morgan fingerprint density at radius 1 is 1.14 bits per heavy atom. The highest BCUT2D eigenvalue weighted by Gasteiger charge is 2.19. The van der Waals surface area contributed by atoms with Gasteiger partial charge in [-0.1, -0.05) is 29.9 Å². The maximum atomic E-state index is 14.5. The van der Waals surface area contributed by atoms with Crippen LogP contribution in [0.3, 0.4) is 0 Å². The fourth-order valence-corrected chi connectivity index (χ4v) is 4.35. The molecule has 37 heavy (non-hydrogen) atoms. The van der Waals surface area contributed by atoms with E-state index in [0.29, 0.717) is 32.5 Å². The van der Waals surface area contributed by atoms with Crippen molar-refractivity contribution in [3.8, 4) is 0 Å². The van der Waals surface area contributed by atoms with E-state index >= 15 is 0 Å². The van der Waals surface area contributed by atoms with Crippen molar-refractivity contribution in [2.75, 3.05) is 5.32 Å². The van der Waals surface area contributed by atoms with Gasteiger partial charge in [0.1, 0.15) is 5.82 Å². The molecule has 2 heterocycles. The number of nitrogens with zero attached hydrogens (tertiary/aromatic N) is 5. The van der Waals surface area contributed by atoms with Crippen LogP contribution < -0.4 is 16.7 Å². The number of halogens is 4. The Balaban J connectivity index is 1.85. The van der Waals surface area contributed by atoms with Gasteiger partial charge in [0.05, 0.1) is 34.4 Å². The van der Waals surface area contributed by atoms with Gasteiger partial charge < -0.3 is 5.32 Å². The summed E-state index contributed by atoms with van der Waals surface area (Å²) in [5.74, 6) is -4.13. The van der Waals surface area contributed by atoms with Gasteiger partial charge >= 0.3 is 11.4 Å². The number of allylic oxidation sites excluding steroid dienone is 1. The number of hydrogen-bond acceptors (Lipinski definition) is 7. The van der Waals surface area contributed by atoms with E-state index in [2.05, 4.69) is 22.0 Å². The van der Waals surface area contributed by atoms with Gasteiger partial charge in [0.25, 0.3) is 0 Å². The van der Waals surface area contributed by atoms with Crippen LogP contribution in [0.15, 0.2) is 51.5 Å². The third-order valence-electron chi connectivity index (χ3n) is 5.12. The first-order valence-electron chi connectivity index (χ1n) is 10.6. The number of aryl methyl sites for hydroxylation is 1. The molecule has 0 aliphatic carbocycles. The van der Waals surface area contributed by atoms with Gasteiger partial charge in [0.2, 0.25) is 5.95 Å². The summed E-state index contributed by atoms with van der Waals surface area (Å²) in [5, 5.41) is 15.9. The van der Waals surface area contributed by atoms with Crippen LogP contribution in [-0.2, 0) is 20.1 Å². The van der Waals surface area contributed by atoms with Crippen LogP contribution >= 0.6 is 23.4 Å². The Kier molecular flexibility index (Phi) is 7.28. The summed E-state index contributed by atoms with van der Waals surface area (Å²) in [6.07, 6.45) is 1.72. The van der Waals surface area contributed by atoms with Crippen molar-refractivity contribution in [1.82, 2.24) is 23.9 Å². The molecule has 0 bridgehead atoms. The molecule has 4 aromatic rings. The minimum atomic E-state index is -1.39. The van der Waals surface area contributed by atoms with E-state index in [1.54, 1.807) is 37.0 Å². The van der Waals surface area contributed by atoms with Crippen LogP contribution in [0.2, 0.25) is 5.02 Å². The Labute approximate surface area is 216 Å². The molecule has 0 spiro atoms. The van der Waals surface area contributed by atoms with Crippen LogP contribution in [0.1, 0.15) is 12.5 Å². The van der Waals surface area contributed by atoms with Crippen molar-refractivity contribution >= 4 is 50.9 Å². The van der Waals surface area contributed by atoms with Crippen LogP contribution in [0.25, 0.3) is 10.9 Å². The van der Waals surface area contributed by atoms with E-state index in [9.17, 15) is 22.8 Å². The van der Waals surface area contributed by atoms with Gasteiger partial charge in [-0.3, -0.25) is 14.7 Å². The number of nitrogens with one attached hydrogen (secondary N) is 2. The zero-order chi connectivity index (χ0) is 27.0. The molecular formula is C23H19ClF3N7O2S. The monoisotopic (exact) mass is 549 g/mol.